The van der Waals surface area contributed by atoms with Crippen molar-refractivity contribution in [1.29, 1.82) is 0 Å². The Labute approximate surface area is 277 Å². The molecule has 0 N–H and O–H groups in total. The van der Waals surface area contributed by atoms with Gasteiger partial charge in [0.25, 0.3) is 0 Å². The van der Waals surface area contributed by atoms with Crippen molar-refractivity contribution in [3.63, 3.8) is 0 Å². The van der Waals surface area contributed by atoms with Gasteiger partial charge in [-0.25, -0.2) is 0 Å². The molecule has 0 aliphatic heterocycles. The minimum absolute atomic E-state index is 0.585. The van der Waals surface area contributed by atoms with Gasteiger partial charge in [-0.3, -0.25) is 0 Å². The Hall–Kier alpha value is -5.76. The monoisotopic (exact) mass is 610 g/mol. The molecule has 9 aromatic carbocycles. The summed E-state index contributed by atoms with van der Waals surface area (Å²) in [5.41, 5.74) is 7.57. The molecule has 218 valence electrons. The second-order valence-corrected chi connectivity index (χ2v) is 13.6. The Morgan fingerprint density at radius 3 is 1.70 bits per heavy atom. The third-order valence-corrected chi connectivity index (χ3v) is 10.6. The van der Waals surface area contributed by atoms with E-state index in [1.807, 2.05) is 0 Å². The standard InChI is InChI=1S/C46H30Si/c1-2-18-37(19-3-1)47-38-26-27-43-44(30-38)46(35-17-10-16-34(29-35)40-23-11-15-32-13-6-7-20-39(32)40)42-22-9-8-21-41(42)45(43)36-25-24-31-12-4-5-14-33(31)28-36/h1-30H. The van der Waals surface area contributed by atoms with Crippen LogP contribution in [0.4, 0.5) is 0 Å². The molecule has 0 aliphatic rings. The summed E-state index contributed by atoms with van der Waals surface area (Å²) in [6.45, 7) is 0. The van der Waals surface area contributed by atoms with E-state index in [0.717, 1.165) is 0 Å². The molecule has 47 heavy (non-hydrogen) atoms. The highest BCUT2D eigenvalue weighted by Crippen LogP contribution is 2.44. The molecule has 9 aromatic rings. The maximum absolute atomic E-state index is 2.46. The zero-order valence-electron chi connectivity index (χ0n) is 25.8. The lowest BCUT2D eigenvalue weighted by molar-refractivity contribution is 1.63. The molecule has 0 nitrogen and oxygen atoms in total. The average molecular weight is 611 g/mol. The maximum atomic E-state index is 2.46. The van der Waals surface area contributed by atoms with E-state index < -0.39 is 0 Å². The lowest BCUT2D eigenvalue weighted by Crippen LogP contribution is -2.26. The van der Waals surface area contributed by atoms with Crippen molar-refractivity contribution in [2.24, 2.45) is 0 Å². The third-order valence-electron chi connectivity index (χ3n) is 9.38. The van der Waals surface area contributed by atoms with E-state index in [0.29, 0.717) is 9.52 Å². The zero-order valence-corrected chi connectivity index (χ0v) is 26.8. The van der Waals surface area contributed by atoms with Crippen molar-refractivity contribution in [1.82, 2.24) is 0 Å². The molecule has 0 amide bonds. The largest absolute Gasteiger partial charge is 0.121 e. The summed E-state index contributed by atoms with van der Waals surface area (Å²) in [4.78, 5) is 0. The van der Waals surface area contributed by atoms with E-state index in [1.165, 1.54) is 86.8 Å². The predicted molar refractivity (Wildman–Crippen MR) is 204 cm³/mol. The van der Waals surface area contributed by atoms with Gasteiger partial charge < -0.3 is 0 Å². The van der Waals surface area contributed by atoms with Crippen molar-refractivity contribution in [2.75, 3.05) is 0 Å². The minimum Gasteiger partial charge on any atom is -0.0631 e. The molecule has 2 radical (unpaired) electrons. The first kappa shape index (κ1) is 27.5. The molecule has 1 heteroatoms. The van der Waals surface area contributed by atoms with Gasteiger partial charge in [-0.2, -0.15) is 0 Å². The molecule has 0 heterocycles. The molecular weight excluding hydrogens is 581 g/mol. The van der Waals surface area contributed by atoms with Crippen molar-refractivity contribution in [3.8, 4) is 33.4 Å². The Bertz CT molecular complexity index is 2590. The summed E-state index contributed by atoms with van der Waals surface area (Å²) >= 11 is 0. The van der Waals surface area contributed by atoms with Gasteiger partial charge in [0.05, 0.1) is 0 Å². The molecule has 0 aliphatic carbocycles. The van der Waals surface area contributed by atoms with Crippen LogP contribution in [-0.4, -0.2) is 9.52 Å². The number of hydrogen-bond donors (Lipinski definition) is 0. The van der Waals surface area contributed by atoms with E-state index in [1.54, 1.807) is 0 Å². The lowest BCUT2D eigenvalue weighted by Gasteiger charge is -2.19. The fourth-order valence-electron chi connectivity index (χ4n) is 7.23. The van der Waals surface area contributed by atoms with Crippen LogP contribution in [0.5, 0.6) is 0 Å². The van der Waals surface area contributed by atoms with Gasteiger partial charge in [-0.15, -0.1) is 0 Å². The van der Waals surface area contributed by atoms with Gasteiger partial charge in [0.1, 0.15) is 9.52 Å². The molecule has 9 rings (SSSR count). The Morgan fingerprint density at radius 2 is 0.872 bits per heavy atom. The van der Waals surface area contributed by atoms with Gasteiger partial charge in [0, 0.05) is 0 Å². The second-order valence-electron chi connectivity index (χ2n) is 12.2. The van der Waals surface area contributed by atoms with Crippen molar-refractivity contribution < 1.29 is 0 Å². The van der Waals surface area contributed by atoms with Crippen LogP contribution in [0.25, 0.3) is 76.5 Å². The maximum Gasteiger partial charge on any atom is 0.121 e. The van der Waals surface area contributed by atoms with Crippen LogP contribution in [0.2, 0.25) is 0 Å². The second kappa shape index (κ2) is 11.5. The van der Waals surface area contributed by atoms with E-state index in [9.17, 15) is 0 Å². The smallest absolute Gasteiger partial charge is 0.0631 e. The normalized spacial score (nSPS) is 11.5. The predicted octanol–water partition coefficient (Wildman–Crippen LogP) is 11.0. The quantitative estimate of drug-likeness (QED) is 0.134. The van der Waals surface area contributed by atoms with E-state index in [-0.39, 0.29) is 0 Å². The molecule has 0 aromatic heterocycles. The third kappa shape index (κ3) is 4.93. The highest BCUT2D eigenvalue weighted by molar-refractivity contribution is 6.67. The zero-order chi connectivity index (χ0) is 31.2. The summed E-state index contributed by atoms with van der Waals surface area (Å²) in [6.07, 6.45) is 0. The molecule has 0 saturated heterocycles. The SMILES string of the molecule is c1ccc([Si]c2ccc3c(-c4ccc5ccccc5c4)c4ccccc4c(-c4cccc(-c5cccc6ccccc56)c4)c3c2)cc1. The summed E-state index contributed by atoms with van der Waals surface area (Å²) in [6, 6.07) is 67.0. The van der Waals surface area contributed by atoms with Crippen molar-refractivity contribution in [3.05, 3.63) is 182 Å². The first-order valence-corrected chi connectivity index (χ1v) is 17.2. The van der Waals surface area contributed by atoms with Gasteiger partial charge >= 0.3 is 0 Å². The molecule has 0 atom stereocenters. The van der Waals surface area contributed by atoms with Crippen LogP contribution in [0.1, 0.15) is 0 Å². The Morgan fingerprint density at radius 1 is 0.277 bits per heavy atom. The Balaban J connectivity index is 1.33. The van der Waals surface area contributed by atoms with Gasteiger partial charge in [-0.1, -0.05) is 180 Å². The van der Waals surface area contributed by atoms with Gasteiger partial charge in [0.15, 0.2) is 0 Å². The minimum atomic E-state index is 0.585. The van der Waals surface area contributed by atoms with Crippen LogP contribution in [0, 0.1) is 0 Å². The number of benzene rings is 9. The average Bonchev–Trinajstić information content (AvgIpc) is 3.14. The van der Waals surface area contributed by atoms with Gasteiger partial charge in [0.2, 0.25) is 0 Å². The Kier molecular flexibility index (Phi) is 6.77. The summed E-state index contributed by atoms with van der Waals surface area (Å²) in [5, 5.41) is 12.9. The molecule has 0 spiro atoms. The highest BCUT2D eigenvalue weighted by atomic mass is 28.2. The molecular formula is C46H30Si. The van der Waals surface area contributed by atoms with Crippen LogP contribution in [-0.2, 0) is 0 Å². The van der Waals surface area contributed by atoms with E-state index in [2.05, 4.69) is 182 Å². The fourth-order valence-corrected chi connectivity index (χ4v) is 8.31. The first-order chi connectivity index (χ1) is 23.3. The first-order valence-electron chi connectivity index (χ1n) is 16.2. The summed E-state index contributed by atoms with van der Waals surface area (Å²) in [7, 11) is 0.585. The summed E-state index contributed by atoms with van der Waals surface area (Å²) < 4.78 is 0. The summed E-state index contributed by atoms with van der Waals surface area (Å²) in [5.74, 6) is 0. The fraction of sp³-hybridized carbons (Fsp3) is 0. The van der Waals surface area contributed by atoms with Crippen molar-refractivity contribution in [2.45, 2.75) is 0 Å². The molecule has 0 bridgehead atoms. The lowest BCUT2D eigenvalue weighted by atomic mass is 9.85. The topological polar surface area (TPSA) is 0 Å². The number of rotatable bonds is 5. The molecule has 0 saturated carbocycles. The number of fused-ring (bicyclic) bond motifs is 4. The highest BCUT2D eigenvalue weighted by Gasteiger charge is 2.18. The van der Waals surface area contributed by atoms with Crippen molar-refractivity contribution >= 4 is 63.0 Å². The van der Waals surface area contributed by atoms with Crippen LogP contribution >= 0.6 is 0 Å². The van der Waals surface area contributed by atoms with E-state index in [4.69, 9.17) is 0 Å². The molecule has 0 unspecified atom stereocenters. The van der Waals surface area contributed by atoms with Crippen LogP contribution in [0.15, 0.2) is 182 Å². The molecule has 0 fully saturated rings. The van der Waals surface area contributed by atoms with Crippen LogP contribution in [0.3, 0.4) is 0 Å². The van der Waals surface area contributed by atoms with Gasteiger partial charge in [-0.05, 0) is 88.6 Å². The van der Waals surface area contributed by atoms with E-state index >= 15 is 0 Å². The number of hydrogen-bond acceptors (Lipinski definition) is 0. The van der Waals surface area contributed by atoms with Crippen LogP contribution < -0.4 is 10.4 Å².